The number of aryl methyl sites for hydroxylation is 1. The molecule has 16 heavy (non-hydrogen) atoms. The van der Waals surface area contributed by atoms with E-state index in [0.717, 1.165) is 11.4 Å². The Labute approximate surface area is 99.2 Å². The third-order valence-electron chi connectivity index (χ3n) is 2.30. The van der Waals surface area contributed by atoms with Crippen LogP contribution in [0.2, 0.25) is 0 Å². The van der Waals surface area contributed by atoms with Gasteiger partial charge in [-0.1, -0.05) is 6.92 Å². The van der Waals surface area contributed by atoms with Gasteiger partial charge in [0.1, 0.15) is 5.01 Å². The molecule has 2 unspecified atom stereocenters. The molecule has 6 heteroatoms. The summed E-state index contributed by atoms with van der Waals surface area (Å²) in [5, 5.41) is 4.15. The van der Waals surface area contributed by atoms with Crippen molar-refractivity contribution in [3.63, 3.8) is 0 Å². The van der Waals surface area contributed by atoms with Gasteiger partial charge in [-0.05, 0) is 13.3 Å². The summed E-state index contributed by atoms with van der Waals surface area (Å²) in [7, 11) is 0. The molecule has 0 fully saturated rings. The van der Waals surface area contributed by atoms with Crippen molar-refractivity contribution >= 4 is 17.2 Å². The summed E-state index contributed by atoms with van der Waals surface area (Å²) >= 11 is 1.67. The minimum Gasteiger partial charge on any atom is -0.368 e. The van der Waals surface area contributed by atoms with Crippen LogP contribution in [0.25, 0.3) is 0 Å². The fourth-order valence-corrected chi connectivity index (χ4v) is 2.06. The Kier molecular flexibility index (Phi) is 4.85. The number of carbonyl (C=O) groups is 1. The maximum absolute atomic E-state index is 10.7. The van der Waals surface area contributed by atoms with E-state index in [9.17, 15) is 4.79 Å². The van der Waals surface area contributed by atoms with Crippen molar-refractivity contribution in [1.82, 2.24) is 10.3 Å². The number of thiazole rings is 1. The summed E-state index contributed by atoms with van der Waals surface area (Å²) < 4.78 is 0. The van der Waals surface area contributed by atoms with E-state index in [0.29, 0.717) is 6.54 Å². The van der Waals surface area contributed by atoms with Crippen LogP contribution >= 0.6 is 11.3 Å². The van der Waals surface area contributed by atoms with E-state index in [-0.39, 0.29) is 6.04 Å². The molecular formula is C10H18N4OS. The summed E-state index contributed by atoms with van der Waals surface area (Å²) in [6.45, 7) is 4.46. The Hall–Kier alpha value is -0.980. The lowest BCUT2D eigenvalue weighted by molar-refractivity contribution is -0.119. The van der Waals surface area contributed by atoms with Crippen molar-refractivity contribution in [3.8, 4) is 0 Å². The summed E-state index contributed by atoms with van der Waals surface area (Å²) in [5.74, 6) is -0.493. The number of hydrogen-bond donors (Lipinski definition) is 3. The highest BCUT2D eigenvalue weighted by Gasteiger charge is 2.13. The Balaban J connectivity index is 2.46. The highest BCUT2D eigenvalue weighted by atomic mass is 32.1. The molecule has 1 heterocycles. The van der Waals surface area contributed by atoms with Gasteiger partial charge >= 0.3 is 0 Å². The second kappa shape index (κ2) is 5.93. The van der Waals surface area contributed by atoms with Gasteiger partial charge in [0.05, 0.1) is 12.1 Å². The zero-order chi connectivity index (χ0) is 12.1. The van der Waals surface area contributed by atoms with Gasteiger partial charge in [-0.15, -0.1) is 11.3 Å². The van der Waals surface area contributed by atoms with Gasteiger partial charge in [0.25, 0.3) is 0 Å². The van der Waals surface area contributed by atoms with Gasteiger partial charge in [0, 0.05) is 17.6 Å². The van der Waals surface area contributed by atoms with Gasteiger partial charge < -0.3 is 16.8 Å². The molecule has 0 aromatic carbocycles. The minimum atomic E-state index is -0.645. The summed E-state index contributed by atoms with van der Waals surface area (Å²) in [6.07, 6.45) is 2.87. The van der Waals surface area contributed by atoms with Crippen LogP contribution in [-0.4, -0.2) is 23.5 Å². The summed E-state index contributed by atoms with van der Waals surface area (Å²) in [5.41, 5.74) is 10.6. The number of hydrogen-bond acceptors (Lipinski definition) is 5. The second-order valence-corrected chi connectivity index (χ2v) is 4.80. The molecule has 0 spiro atoms. The third kappa shape index (κ3) is 3.55. The molecule has 90 valence electrons. The average molecular weight is 242 g/mol. The van der Waals surface area contributed by atoms with Crippen molar-refractivity contribution in [2.45, 2.75) is 32.4 Å². The lowest BCUT2D eigenvalue weighted by atomic mass is 10.2. The van der Waals surface area contributed by atoms with Gasteiger partial charge in [-0.25, -0.2) is 4.98 Å². The lowest BCUT2D eigenvalue weighted by Gasteiger charge is -2.13. The second-order valence-electron chi connectivity index (χ2n) is 3.66. The van der Waals surface area contributed by atoms with Gasteiger partial charge in [-0.3, -0.25) is 4.79 Å². The van der Waals surface area contributed by atoms with Crippen molar-refractivity contribution in [2.24, 2.45) is 11.5 Å². The number of nitrogens with two attached hydrogens (primary N) is 2. The number of primary amides is 1. The third-order valence-corrected chi connectivity index (χ3v) is 3.62. The number of carbonyl (C=O) groups excluding carboxylic acids is 1. The quantitative estimate of drug-likeness (QED) is 0.662. The van der Waals surface area contributed by atoms with Crippen LogP contribution in [0.1, 0.15) is 29.8 Å². The smallest absolute Gasteiger partial charge is 0.235 e. The molecule has 0 saturated heterocycles. The predicted octanol–water partition coefficient (Wildman–Crippen LogP) is 0.169. The van der Waals surface area contributed by atoms with E-state index in [1.54, 1.807) is 11.3 Å². The molecule has 5 N–H and O–H groups in total. The van der Waals surface area contributed by atoms with Crippen molar-refractivity contribution < 1.29 is 4.79 Å². The molecule has 0 aliphatic carbocycles. The Morgan fingerprint density at radius 2 is 2.38 bits per heavy atom. The monoisotopic (exact) mass is 242 g/mol. The van der Waals surface area contributed by atoms with Gasteiger partial charge in [0.2, 0.25) is 5.91 Å². The first-order chi connectivity index (χ1) is 7.54. The van der Waals surface area contributed by atoms with Crippen LogP contribution in [-0.2, 0) is 11.2 Å². The molecule has 0 radical (unpaired) electrons. The molecule has 0 aliphatic heterocycles. The first kappa shape index (κ1) is 13.1. The first-order valence-corrected chi connectivity index (χ1v) is 6.09. The van der Waals surface area contributed by atoms with Gasteiger partial charge in [-0.2, -0.15) is 0 Å². The zero-order valence-corrected chi connectivity index (χ0v) is 10.4. The van der Waals surface area contributed by atoms with Crippen molar-refractivity contribution in [3.05, 3.63) is 16.1 Å². The van der Waals surface area contributed by atoms with Crippen LogP contribution in [0.15, 0.2) is 6.20 Å². The predicted molar refractivity (Wildman–Crippen MR) is 65.1 cm³/mol. The largest absolute Gasteiger partial charge is 0.368 e. The summed E-state index contributed by atoms with van der Waals surface area (Å²) in [4.78, 5) is 16.3. The fraction of sp³-hybridized carbons (Fsp3) is 0.600. The Morgan fingerprint density at radius 3 is 2.88 bits per heavy atom. The maximum atomic E-state index is 10.7. The van der Waals surface area contributed by atoms with E-state index in [1.165, 1.54) is 4.88 Å². The molecule has 0 aliphatic rings. The molecule has 5 nitrogen and oxygen atoms in total. The molecule has 2 atom stereocenters. The number of aromatic nitrogens is 1. The molecule has 1 aromatic heterocycles. The molecular weight excluding hydrogens is 224 g/mol. The van der Waals surface area contributed by atoms with E-state index < -0.39 is 11.9 Å². The fourth-order valence-electron chi connectivity index (χ4n) is 1.18. The van der Waals surface area contributed by atoms with Crippen molar-refractivity contribution in [2.75, 3.05) is 6.54 Å². The van der Waals surface area contributed by atoms with Crippen LogP contribution in [0.4, 0.5) is 0 Å². The lowest BCUT2D eigenvalue weighted by Crippen LogP contribution is -2.44. The highest BCUT2D eigenvalue weighted by Crippen LogP contribution is 2.19. The van der Waals surface area contributed by atoms with E-state index in [1.807, 2.05) is 13.1 Å². The van der Waals surface area contributed by atoms with Crippen LogP contribution < -0.4 is 16.8 Å². The molecule has 1 aromatic rings. The van der Waals surface area contributed by atoms with Crippen LogP contribution in [0.3, 0.4) is 0 Å². The SMILES string of the molecule is CCc1cnc(C(C)NCC(N)C(N)=O)s1. The molecule has 1 rings (SSSR count). The highest BCUT2D eigenvalue weighted by molar-refractivity contribution is 7.11. The number of nitrogens with one attached hydrogen (secondary N) is 1. The number of rotatable bonds is 6. The van der Waals surface area contributed by atoms with Gasteiger partial charge in [0.15, 0.2) is 0 Å². The van der Waals surface area contributed by atoms with E-state index in [2.05, 4.69) is 17.2 Å². The van der Waals surface area contributed by atoms with E-state index >= 15 is 0 Å². The Bertz CT molecular complexity index is 352. The van der Waals surface area contributed by atoms with E-state index in [4.69, 9.17) is 11.5 Å². The van der Waals surface area contributed by atoms with Crippen LogP contribution in [0.5, 0.6) is 0 Å². The Morgan fingerprint density at radius 1 is 1.69 bits per heavy atom. The number of amides is 1. The molecule has 0 bridgehead atoms. The van der Waals surface area contributed by atoms with Crippen LogP contribution in [0, 0.1) is 0 Å². The molecule has 1 amide bonds. The van der Waals surface area contributed by atoms with Crippen molar-refractivity contribution in [1.29, 1.82) is 0 Å². The normalized spacial score (nSPS) is 14.7. The number of nitrogens with zero attached hydrogens (tertiary/aromatic N) is 1. The molecule has 0 saturated carbocycles. The minimum absolute atomic E-state index is 0.0932. The topological polar surface area (TPSA) is 94.0 Å². The maximum Gasteiger partial charge on any atom is 0.235 e. The zero-order valence-electron chi connectivity index (χ0n) is 9.56. The standard InChI is InChI=1S/C10H18N4OS/c1-3-7-4-14-10(16-7)6(2)13-5-8(11)9(12)15/h4,6,8,13H,3,5,11H2,1-2H3,(H2,12,15). The average Bonchev–Trinajstić information content (AvgIpc) is 2.73. The summed E-state index contributed by atoms with van der Waals surface area (Å²) in [6, 6.07) is -0.552. The first-order valence-electron chi connectivity index (χ1n) is 5.27.